The third-order valence-corrected chi connectivity index (χ3v) is 6.58. The highest BCUT2D eigenvalue weighted by atomic mass is 19.4. The molecule has 0 radical (unpaired) electrons. The lowest BCUT2D eigenvalue weighted by molar-refractivity contribution is -0.138. The summed E-state index contributed by atoms with van der Waals surface area (Å²) in [6, 6.07) is 15.8. The van der Waals surface area contributed by atoms with Gasteiger partial charge in [0.2, 0.25) is 0 Å². The number of hydrogen-bond donors (Lipinski definition) is 0. The Morgan fingerprint density at radius 1 is 0.556 bits per heavy atom. The van der Waals surface area contributed by atoms with E-state index in [0.717, 1.165) is 29.7 Å². The summed E-state index contributed by atoms with van der Waals surface area (Å²) in [7, 11) is -0.616. The van der Waals surface area contributed by atoms with Crippen LogP contribution in [0.3, 0.4) is 0 Å². The Kier molecular flexibility index (Phi) is 6.41. The largest absolute Gasteiger partial charge is 0.494 e. The monoisotopic (exact) mass is 507 g/mol. The molecule has 0 spiro atoms. The van der Waals surface area contributed by atoms with Gasteiger partial charge in [-0.3, -0.25) is 0 Å². The van der Waals surface area contributed by atoms with Crippen LogP contribution in [0, 0.1) is 0 Å². The van der Waals surface area contributed by atoms with Crippen LogP contribution in [0.15, 0.2) is 72.8 Å². The van der Waals surface area contributed by atoms with Crippen molar-refractivity contribution in [3.63, 3.8) is 0 Å². The first kappa shape index (κ1) is 26.1. The Labute approximate surface area is 205 Å². The van der Waals surface area contributed by atoms with E-state index in [0.29, 0.717) is 17.1 Å². The van der Waals surface area contributed by atoms with Crippen LogP contribution in [-0.2, 0) is 21.7 Å². The molecule has 1 aliphatic heterocycles. The van der Waals surface area contributed by atoms with Crippen LogP contribution in [0.1, 0.15) is 38.8 Å². The van der Waals surface area contributed by atoms with Gasteiger partial charge >= 0.3 is 19.5 Å². The number of rotatable bonds is 4. The van der Waals surface area contributed by atoms with Gasteiger partial charge in [-0.1, -0.05) is 12.1 Å². The second-order valence-electron chi connectivity index (χ2n) is 9.60. The van der Waals surface area contributed by atoms with Crippen LogP contribution in [0.4, 0.5) is 43.4 Å². The Balaban J connectivity index is 1.71. The first-order valence-electron chi connectivity index (χ1n) is 11.2. The lowest BCUT2D eigenvalue weighted by atomic mass is 9.79. The summed E-state index contributed by atoms with van der Waals surface area (Å²) in [6.07, 6.45) is -9.02. The average molecular weight is 507 g/mol. The molecule has 0 amide bonds. The van der Waals surface area contributed by atoms with E-state index in [1.165, 1.54) is 24.3 Å². The topological polar surface area (TPSA) is 21.7 Å². The number of anilines is 3. The molecule has 0 bridgehead atoms. The van der Waals surface area contributed by atoms with Crippen molar-refractivity contribution in [1.29, 1.82) is 0 Å². The van der Waals surface area contributed by atoms with Crippen molar-refractivity contribution in [3.8, 4) is 0 Å². The Morgan fingerprint density at radius 3 is 1.17 bits per heavy atom. The van der Waals surface area contributed by atoms with Crippen LogP contribution in [0.2, 0.25) is 0 Å². The van der Waals surface area contributed by atoms with Crippen molar-refractivity contribution < 1.29 is 35.7 Å². The summed E-state index contributed by atoms with van der Waals surface area (Å²) in [5, 5.41) is 0. The molecule has 1 aliphatic rings. The predicted octanol–water partition coefficient (Wildman–Crippen LogP) is 7.49. The summed E-state index contributed by atoms with van der Waals surface area (Å²) < 4.78 is 90.6. The molecule has 0 aliphatic carbocycles. The van der Waals surface area contributed by atoms with Crippen LogP contribution in [0.5, 0.6) is 0 Å². The van der Waals surface area contributed by atoms with Crippen LogP contribution in [0.25, 0.3) is 0 Å². The molecule has 36 heavy (non-hydrogen) atoms. The summed E-state index contributed by atoms with van der Waals surface area (Å²) in [6.45, 7) is 7.72. The average Bonchev–Trinajstić information content (AvgIpc) is 3.01. The molecule has 0 saturated carbocycles. The van der Waals surface area contributed by atoms with E-state index in [9.17, 15) is 26.3 Å². The number of alkyl halides is 6. The van der Waals surface area contributed by atoms with Crippen LogP contribution < -0.4 is 10.4 Å². The van der Waals surface area contributed by atoms with Crippen LogP contribution >= 0.6 is 0 Å². The minimum Gasteiger partial charge on any atom is -0.399 e. The van der Waals surface area contributed by atoms with Crippen molar-refractivity contribution in [1.82, 2.24) is 0 Å². The molecular weight excluding hydrogens is 483 g/mol. The van der Waals surface area contributed by atoms with Gasteiger partial charge in [0.05, 0.1) is 22.3 Å². The second kappa shape index (κ2) is 8.85. The maximum absolute atomic E-state index is 13.1. The quantitative estimate of drug-likeness (QED) is 0.270. The van der Waals surface area contributed by atoms with Gasteiger partial charge in [-0.15, -0.1) is 0 Å². The minimum absolute atomic E-state index is 0.353. The second-order valence-corrected chi connectivity index (χ2v) is 9.60. The molecule has 0 N–H and O–H groups in total. The number of hydrogen-bond acceptors (Lipinski definition) is 3. The summed E-state index contributed by atoms with van der Waals surface area (Å²) in [5.41, 5.74) is -0.750. The van der Waals surface area contributed by atoms with E-state index in [2.05, 4.69) is 0 Å². The third-order valence-electron chi connectivity index (χ3n) is 6.58. The number of halogens is 6. The van der Waals surface area contributed by atoms with Crippen molar-refractivity contribution >= 4 is 29.6 Å². The Morgan fingerprint density at radius 2 is 0.861 bits per heavy atom. The van der Waals surface area contributed by atoms with Gasteiger partial charge in [0.25, 0.3) is 0 Å². The molecule has 10 heteroatoms. The van der Waals surface area contributed by atoms with Gasteiger partial charge in [-0.25, -0.2) is 0 Å². The maximum Gasteiger partial charge on any atom is 0.494 e. The van der Waals surface area contributed by atoms with Gasteiger partial charge in [-0.05, 0) is 93.8 Å². The van der Waals surface area contributed by atoms with Crippen molar-refractivity contribution in [2.24, 2.45) is 0 Å². The van der Waals surface area contributed by atoms with E-state index in [1.54, 1.807) is 29.2 Å². The number of benzene rings is 3. The normalized spacial score (nSPS) is 17.3. The van der Waals surface area contributed by atoms with Crippen molar-refractivity contribution in [2.75, 3.05) is 4.90 Å². The lowest BCUT2D eigenvalue weighted by Crippen LogP contribution is -2.41. The highest BCUT2D eigenvalue weighted by Crippen LogP contribution is 2.39. The van der Waals surface area contributed by atoms with Crippen molar-refractivity contribution in [2.45, 2.75) is 51.2 Å². The fourth-order valence-corrected chi connectivity index (χ4v) is 3.81. The SMILES string of the molecule is CC1(C)OB(c2ccc(N(c3ccc(C(F)(F)F)cc3)c3ccc(C(F)(F)F)cc3)cc2)OC1(C)C. The standard InChI is InChI=1S/C26H24BF6NO2/c1-23(2)24(3,4)36-27(35-23)19-9-15-22(16-10-19)34(20-11-5-17(6-12-20)25(28,29)30)21-13-7-18(8-14-21)26(31,32)33/h5-16H,1-4H3. The molecular formula is C26H24BF6NO2. The molecule has 1 heterocycles. The van der Waals surface area contributed by atoms with E-state index in [-0.39, 0.29) is 0 Å². The third kappa shape index (κ3) is 5.10. The van der Waals surface area contributed by atoms with Crippen molar-refractivity contribution in [3.05, 3.63) is 83.9 Å². The molecule has 0 atom stereocenters. The van der Waals surface area contributed by atoms with Gasteiger partial charge in [-0.2, -0.15) is 26.3 Å². The molecule has 1 saturated heterocycles. The van der Waals surface area contributed by atoms with Crippen LogP contribution in [-0.4, -0.2) is 18.3 Å². The summed E-state index contributed by atoms with van der Waals surface area (Å²) in [4.78, 5) is 1.58. The molecule has 190 valence electrons. The fourth-order valence-electron chi connectivity index (χ4n) is 3.81. The summed E-state index contributed by atoms with van der Waals surface area (Å²) >= 11 is 0. The minimum atomic E-state index is -4.51. The molecule has 3 aromatic carbocycles. The van der Waals surface area contributed by atoms with Gasteiger partial charge < -0.3 is 14.2 Å². The van der Waals surface area contributed by atoms with E-state index in [1.807, 2.05) is 27.7 Å². The number of nitrogens with zero attached hydrogens (tertiary/aromatic N) is 1. The molecule has 3 nitrogen and oxygen atoms in total. The predicted molar refractivity (Wildman–Crippen MR) is 127 cm³/mol. The molecule has 0 unspecified atom stereocenters. The Hall–Kier alpha value is -2.98. The zero-order valence-electron chi connectivity index (χ0n) is 20.0. The smallest absolute Gasteiger partial charge is 0.399 e. The van der Waals surface area contributed by atoms with Gasteiger partial charge in [0.15, 0.2) is 0 Å². The van der Waals surface area contributed by atoms with E-state index in [4.69, 9.17) is 9.31 Å². The highest BCUT2D eigenvalue weighted by Gasteiger charge is 2.51. The fraction of sp³-hybridized carbons (Fsp3) is 0.308. The molecule has 0 aromatic heterocycles. The first-order chi connectivity index (χ1) is 16.6. The van der Waals surface area contributed by atoms with Gasteiger partial charge in [0, 0.05) is 17.1 Å². The molecule has 3 aromatic rings. The van der Waals surface area contributed by atoms with E-state index >= 15 is 0 Å². The van der Waals surface area contributed by atoms with Gasteiger partial charge in [0.1, 0.15) is 0 Å². The lowest BCUT2D eigenvalue weighted by Gasteiger charge is -2.32. The zero-order chi connectivity index (χ0) is 26.5. The van der Waals surface area contributed by atoms with E-state index < -0.39 is 41.8 Å². The molecule has 4 rings (SSSR count). The molecule has 1 fully saturated rings. The highest BCUT2D eigenvalue weighted by molar-refractivity contribution is 6.62. The zero-order valence-corrected chi connectivity index (χ0v) is 20.0. The Bertz CT molecular complexity index is 1130. The summed E-state index contributed by atoms with van der Waals surface area (Å²) in [5.74, 6) is 0. The maximum atomic E-state index is 13.1. The first-order valence-corrected chi connectivity index (χ1v) is 11.2.